The van der Waals surface area contributed by atoms with Crippen molar-refractivity contribution in [3.05, 3.63) is 23.9 Å². The number of hydrogen-bond donors (Lipinski definition) is 0. The van der Waals surface area contributed by atoms with E-state index < -0.39 is 0 Å². The molecule has 0 radical (unpaired) electrons. The highest BCUT2D eigenvalue weighted by molar-refractivity contribution is 6.37. The van der Waals surface area contributed by atoms with Gasteiger partial charge >= 0.3 is 0 Å². The Balaban J connectivity index is 2.61. The number of nitrogens with zero attached hydrogens (tertiary/aromatic N) is 3. The Labute approximate surface area is 101 Å². The van der Waals surface area contributed by atoms with Crippen molar-refractivity contribution in [3.63, 3.8) is 0 Å². The van der Waals surface area contributed by atoms with E-state index >= 15 is 0 Å². The minimum Gasteiger partial charge on any atom is -0.389 e. The summed E-state index contributed by atoms with van der Waals surface area (Å²) in [6.07, 6.45) is 0. The van der Waals surface area contributed by atoms with Crippen LogP contribution in [-0.4, -0.2) is 30.6 Å². The Hall–Kier alpha value is -1.91. The van der Waals surface area contributed by atoms with Gasteiger partial charge in [0.2, 0.25) is 0 Å². The van der Waals surface area contributed by atoms with E-state index in [1.54, 1.807) is 6.92 Å². The molecule has 0 unspecified atom stereocenters. The summed E-state index contributed by atoms with van der Waals surface area (Å²) >= 11 is 0. The van der Waals surface area contributed by atoms with Crippen molar-refractivity contribution in [3.8, 4) is 0 Å². The molecular formula is C12H17N3O2. The number of anilines is 1. The van der Waals surface area contributed by atoms with Gasteiger partial charge in [-0.2, -0.15) is 0 Å². The zero-order chi connectivity index (χ0) is 12.8. The fourth-order valence-corrected chi connectivity index (χ4v) is 1.06. The number of rotatable bonds is 5. The second-order valence-electron chi connectivity index (χ2n) is 3.89. The SMILES string of the molecule is CC(=O)C(C)=NOCc1cccc(N(C)C)n1. The Morgan fingerprint density at radius 1 is 1.41 bits per heavy atom. The van der Waals surface area contributed by atoms with E-state index in [9.17, 15) is 4.79 Å². The van der Waals surface area contributed by atoms with Gasteiger partial charge in [-0.05, 0) is 19.1 Å². The number of pyridine rings is 1. The zero-order valence-corrected chi connectivity index (χ0v) is 10.6. The van der Waals surface area contributed by atoms with E-state index in [1.807, 2.05) is 37.2 Å². The minimum absolute atomic E-state index is 0.0972. The van der Waals surface area contributed by atoms with E-state index in [0.29, 0.717) is 5.71 Å². The lowest BCUT2D eigenvalue weighted by atomic mass is 10.3. The van der Waals surface area contributed by atoms with Crippen molar-refractivity contribution >= 4 is 17.3 Å². The summed E-state index contributed by atoms with van der Waals surface area (Å²) in [5.41, 5.74) is 1.13. The lowest BCUT2D eigenvalue weighted by Gasteiger charge is -2.11. The van der Waals surface area contributed by atoms with Gasteiger partial charge in [0.25, 0.3) is 0 Å². The van der Waals surface area contributed by atoms with Crippen molar-refractivity contribution in [2.45, 2.75) is 20.5 Å². The first-order valence-electron chi connectivity index (χ1n) is 5.31. The van der Waals surface area contributed by atoms with E-state index in [2.05, 4.69) is 10.1 Å². The lowest BCUT2D eigenvalue weighted by molar-refractivity contribution is -0.111. The summed E-state index contributed by atoms with van der Waals surface area (Å²) in [5, 5.41) is 3.71. The third-order valence-corrected chi connectivity index (χ3v) is 2.17. The standard InChI is InChI=1S/C12H17N3O2/c1-9(10(2)16)14-17-8-11-6-5-7-12(13-11)15(3)4/h5-7H,8H2,1-4H3. The summed E-state index contributed by atoms with van der Waals surface area (Å²) in [5.74, 6) is 0.762. The molecular weight excluding hydrogens is 218 g/mol. The highest BCUT2D eigenvalue weighted by Gasteiger charge is 2.01. The molecule has 0 bridgehead atoms. The van der Waals surface area contributed by atoms with Crippen molar-refractivity contribution in [2.75, 3.05) is 19.0 Å². The summed E-state index contributed by atoms with van der Waals surface area (Å²) in [7, 11) is 3.84. The second kappa shape index (κ2) is 5.98. The molecule has 0 saturated carbocycles. The van der Waals surface area contributed by atoms with Gasteiger partial charge < -0.3 is 9.74 Å². The number of ketones is 1. The van der Waals surface area contributed by atoms with Crippen LogP contribution in [0.1, 0.15) is 19.5 Å². The highest BCUT2D eigenvalue weighted by Crippen LogP contribution is 2.08. The predicted molar refractivity (Wildman–Crippen MR) is 67.1 cm³/mol. The smallest absolute Gasteiger partial charge is 0.177 e. The molecule has 5 heteroatoms. The molecule has 0 aliphatic heterocycles. The molecule has 0 amide bonds. The van der Waals surface area contributed by atoms with E-state index in [0.717, 1.165) is 11.5 Å². The first-order chi connectivity index (χ1) is 8.00. The van der Waals surface area contributed by atoms with Crippen molar-refractivity contribution < 1.29 is 9.63 Å². The zero-order valence-electron chi connectivity index (χ0n) is 10.6. The minimum atomic E-state index is -0.0972. The number of oxime groups is 1. The van der Waals surface area contributed by atoms with Gasteiger partial charge in [-0.1, -0.05) is 11.2 Å². The molecule has 0 aliphatic carbocycles. The van der Waals surface area contributed by atoms with Gasteiger partial charge in [0.05, 0.1) is 5.69 Å². The molecule has 0 aromatic carbocycles. The maximum absolute atomic E-state index is 10.9. The molecule has 0 N–H and O–H groups in total. The third kappa shape index (κ3) is 4.22. The molecule has 5 nitrogen and oxygen atoms in total. The largest absolute Gasteiger partial charge is 0.389 e. The molecule has 17 heavy (non-hydrogen) atoms. The fourth-order valence-electron chi connectivity index (χ4n) is 1.06. The van der Waals surface area contributed by atoms with Gasteiger partial charge in [0.15, 0.2) is 12.4 Å². The number of carbonyl (C=O) groups excluding carboxylic acids is 1. The molecule has 0 atom stereocenters. The topological polar surface area (TPSA) is 54.8 Å². The molecule has 0 saturated heterocycles. The molecule has 0 aliphatic rings. The maximum atomic E-state index is 10.9. The summed E-state index contributed by atoms with van der Waals surface area (Å²) in [6.45, 7) is 3.32. The molecule has 92 valence electrons. The van der Waals surface area contributed by atoms with Crippen molar-refractivity contribution in [1.29, 1.82) is 0 Å². The quantitative estimate of drug-likeness (QED) is 0.575. The van der Waals surface area contributed by atoms with Gasteiger partial charge in [-0.15, -0.1) is 0 Å². The molecule has 1 rings (SSSR count). The van der Waals surface area contributed by atoms with E-state index in [1.165, 1.54) is 6.92 Å². The van der Waals surface area contributed by atoms with Crippen LogP contribution in [0.25, 0.3) is 0 Å². The summed E-state index contributed by atoms with van der Waals surface area (Å²) < 4.78 is 0. The Bertz CT molecular complexity index is 428. The van der Waals surface area contributed by atoms with Crippen LogP contribution in [0.4, 0.5) is 5.82 Å². The molecule has 0 fully saturated rings. The van der Waals surface area contributed by atoms with E-state index in [-0.39, 0.29) is 12.4 Å². The lowest BCUT2D eigenvalue weighted by Crippen LogP contribution is -2.11. The second-order valence-corrected chi connectivity index (χ2v) is 3.89. The van der Waals surface area contributed by atoms with Gasteiger partial charge in [-0.25, -0.2) is 4.98 Å². The predicted octanol–water partition coefficient (Wildman–Crippen LogP) is 1.63. The van der Waals surface area contributed by atoms with Gasteiger partial charge in [0, 0.05) is 21.0 Å². The van der Waals surface area contributed by atoms with E-state index in [4.69, 9.17) is 4.84 Å². The van der Waals surface area contributed by atoms with Crippen LogP contribution in [0, 0.1) is 0 Å². The Kier molecular flexibility index (Phi) is 4.63. The van der Waals surface area contributed by atoms with Crippen molar-refractivity contribution in [1.82, 2.24) is 4.98 Å². The monoisotopic (exact) mass is 235 g/mol. The molecule has 0 spiro atoms. The average Bonchev–Trinajstić information content (AvgIpc) is 2.29. The van der Waals surface area contributed by atoms with Crippen LogP contribution in [0.3, 0.4) is 0 Å². The fraction of sp³-hybridized carbons (Fsp3) is 0.417. The molecule has 1 aromatic rings. The summed E-state index contributed by atoms with van der Waals surface area (Å²) in [4.78, 5) is 22.2. The van der Waals surface area contributed by atoms with Crippen LogP contribution in [0.2, 0.25) is 0 Å². The highest BCUT2D eigenvalue weighted by atomic mass is 16.6. The number of hydrogen-bond acceptors (Lipinski definition) is 5. The van der Waals surface area contributed by atoms with Gasteiger partial charge in [-0.3, -0.25) is 4.79 Å². The Morgan fingerprint density at radius 2 is 2.12 bits per heavy atom. The number of aromatic nitrogens is 1. The van der Waals surface area contributed by atoms with Crippen molar-refractivity contribution in [2.24, 2.45) is 5.16 Å². The maximum Gasteiger partial charge on any atom is 0.177 e. The van der Waals surface area contributed by atoms with Crippen LogP contribution in [0.15, 0.2) is 23.4 Å². The average molecular weight is 235 g/mol. The van der Waals surface area contributed by atoms with Gasteiger partial charge in [0.1, 0.15) is 11.5 Å². The Morgan fingerprint density at radius 3 is 2.71 bits per heavy atom. The van der Waals surface area contributed by atoms with Crippen LogP contribution < -0.4 is 4.90 Å². The first-order valence-corrected chi connectivity index (χ1v) is 5.31. The number of Topliss-reactive ketones (excluding diaryl/α,β-unsaturated/α-hetero) is 1. The van der Waals surface area contributed by atoms with Crippen LogP contribution >= 0.6 is 0 Å². The number of carbonyl (C=O) groups is 1. The molecule has 1 heterocycles. The molecule has 1 aromatic heterocycles. The third-order valence-electron chi connectivity index (χ3n) is 2.17. The normalized spacial score (nSPS) is 11.2. The van der Waals surface area contributed by atoms with Crippen LogP contribution in [-0.2, 0) is 16.2 Å². The van der Waals surface area contributed by atoms with Crippen LogP contribution in [0.5, 0.6) is 0 Å². The summed E-state index contributed by atoms with van der Waals surface area (Å²) in [6, 6.07) is 5.67. The first kappa shape index (κ1) is 13.2.